The van der Waals surface area contributed by atoms with E-state index in [1.807, 2.05) is 25.1 Å². The Balaban J connectivity index is 3.18. The van der Waals surface area contributed by atoms with Crippen molar-refractivity contribution in [3.63, 3.8) is 0 Å². The van der Waals surface area contributed by atoms with E-state index < -0.39 is 9.05 Å². The number of hydrogen-bond acceptors (Lipinski definition) is 3. The zero-order valence-electron chi connectivity index (χ0n) is 8.99. The molecular formula is C10H14ClNO2S. The molecule has 3 nitrogen and oxygen atoms in total. The van der Waals surface area contributed by atoms with Gasteiger partial charge in [-0.15, -0.1) is 0 Å². The lowest BCUT2D eigenvalue weighted by Gasteiger charge is -2.11. The van der Waals surface area contributed by atoms with Gasteiger partial charge in [0.15, 0.2) is 0 Å². The minimum absolute atomic E-state index is 0.198. The van der Waals surface area contributed by atoms with Crippen LogP contribution >= 0.6 is 10.7 Å². The van der Waals surface area contributed by atoms with Crippen molar-refractivity contribution >= 4 is 19.7 Å². The van der Waals surface area contributed by atoms with E-state index >= 15 is 0 Å². The Hall–Kier alpha value is -0.580. The van der Waals surface area contributed by atoms with Crippen LogP contribution in [-0.2, 0) is 15.6 Å². The van der Waals surface area contributed by atoms with Gasteiger partial charge in [-0.25, -0.2) is 8.42 Å². The van der Waals surface area contributed by atoms with Crippen molar-refractivity contribution in [3.8, 4) is 0 Å². The van der Waals surface area contributed by atoms with Crippen LogP contribution in [0.2, 0.25) is 0 Å². The summed E-state index contributed by atoms with van der Waals surface area (Å²) < 4.78 is 22.5. The van der Waals surface area contributed by atoms with Gasteiger partial charge in [0, 0.05) is 17.2 Å². The molecule has 0 saturated heterocycles. The predicted octanol–water partition coefficient (Wildman–Crippen LogP) is 1.98. The normalized spacial score (nSPS) is 12.1. The van der Waals surface area contributed by atoms with Crippen molar-refractivity contribution in [2.24, 2.45) is 0 Å². The third-order valence-electron chi connectivity index (χ3n) is 2.01. The molecule has 0 saturated carbocycles. The van der Waals surface area contributed by atoms with E-state index in [2.05, 4.69) is 0 Å². The summed E-state index contributed by atoms with van der Waals surface area (Å²) >= 11 is 0. The fourth-order valence-electron chi connectivity index (χ4n) is 1.37. The summed E-state index contributed by atoms with van der Waals surface area (Å²) in [6.07, 6.45) is 0. The van der Waals surface area contributed by atoms with Gasteiger partial charge >= 0.3 is 0 Å². The van der Waals surface area contributed by atoms with E-state index in [-0.39, 0.29) is 4.90 Å². The maximum Gasteiger partial charge on any atom is 0.261 e. The molecule has 5 heteroatoms. The smallest absolute Gasteiger partial charge is 0.261 e. The molecule has 0 amide bonds. The maximum absolute atomic E-state index is 11.2. The highest BCUT2D eigenvalue weighted by Gasteiger charge is 2.13. The van der Waals surface area contributed by atoms with E-state index in [4.69, 9.17) is 10.7 Å². The molecule has 0 bridgehead atoms. The van der Waals surface area contributed by atoms with Gasteiger partial charge in [0.1, 0.15) is 0 Å². The minimum atomic E-state index is -3.64. The predicted molar refractivity (Wildman–Crippen MR) is 61.6 cm³/mol. The first-order chi connectivity index (χ1) is 6.80. The highest BCUT2D eigenvalue weighted by molar-refractivity contribution is 8.13. The summed E-state index contributed by atoms with van der Waals surface area (Å²) in [6.45, 7) is 2.42. The van der Waals surface area contributed by atoms with E-state index in [1.165, 1.54) is 0 Å². The average molecular weight is 248 g/mol. The molecule has 0 atom stereocenters. The molecule has 0 aromatic heterocycles. The minimum Gasteiger partial charge on any atom is -0.305 e. The first kappa shape index (κ1) is 12.5. The number of rotatable bonds is 3. The van der Waals surface area contributed by atoms with Gasteiger partial charge in [-0.05, 0) is 38.2 Å². The number of aryl methyl sites for hydroxylation is 1. The van der Waals surface area contributed by atoms with Crippen molar-refractivity contribution in [2.75, 3.05) is 14.1 Å². The van der Waals surface area contributed by atoms with Gasteiger partial charge in [0.25, 0.3) is 9.05 Å². The Morgan fingerprint density at radius 3 is 2.40 bits per heavy atom. The van der Waals surface area contributed by atoms with Gasteiger partial charge in [0.05, 0.1) is 4.90 Å². The quantitative estimate of drug-likeness (QED) is 0.767. The molecule has 0 heterocycles. The average Bonchev–Trinajstić information content (AvgIpc) is 2.05. The molecule has 15 heavy (non-hydrogen) atoms. The number of hydrogen-bond donors (Lipinski definition) is 0. The monoisotopic (exact) mass is 247 g/mol. The van der Waals surface area contributed by atoms with Crippen molar-refractivity contribution < 1.29 is 8.42 Å². The van der Waals surface area contributed by atoms with Crippen LogP contribution in [0.3, 0.4) is 0 Å². The highest BCUT2D eigenvalue weighted by Crippen LogP contribution is 2.21. The summed E-state index contributed by atoms with van der Waals surface area (Å²) in [5.41, 5.74) is 1.61. The molecule has 0 aliphatic carbocycles. The fraction of sp³-hybridized carbons (Fsp3) is 0.400. The molecule has 0 unspecified atom stereocenters. The lowest BCUT2D eigenvalue weighted by Crippen LogP contribution is -2.11. The van der Waals surface area contributed by atoms with Crippen molar-refractivity contribution in [1.29, 1.82) is 0 Å². The van der Waals surface area contributed by atoms with Crippen molar-refractivity contribution in [3.05, 3.63) is 29.3 Å². The molecule has 1 aromatic carbocycles. The SMILES string of the molecule is Cc1ccc(CN(C)C)cc1S(=O)(=O)Cl. The van der Waals surface area contributed by atoms with Gasteiger partial charge in [-0.3, -0.25) is 0 Å². The Kier molecular flexibility index (Phi) is 3.76. The van der Waals surface area contributed by atoms with E-state index in [1.54, 1.807) is 19.1 Å². The summed E-state index contributed by atoms with van der Waals surface area (Å²) in [4.78, 5) is 2.17. The van der Waals surface area contributed by atoms with Gasteiger partial charge < -0.3 is 4.90 Å². The first-order valence-electron chi connectivity index (χ1n) is 4.49. The summed E-state index contributed by atoms with van der Waals surface area (Å²) in [7, 11) is 5.54. The summed E-state index contributed by atoms with van der Waals surface area (Å²) in [5.74, 6) is 0. The first-order valence-corrected chi connectivity index (χ1v) is 6.80. The van der Waals surface area contributed by atoms with Crippen LogP contribution in [0, 0.1) is 6.92 Å². The molecular weight excluding hydrogens is 234 g/mol. The standard InChI is InChI=1S/C10H14ClNO2S/c1-8-4-5-9(7-12(2)3)6-10(8)15(11,13)14/h4-6H,7H2,1-3H3. The fourth-order valence-corrected chi connectivity index (χ4v) is 2.61. The van der Waals surface area contributed by atoms with E-state index in [0.29, 0.717) is 12.1 Å². The Morgan fingerprint density at radius 2 is 1.93 bits per heavy atom. The lowest BCUT2D eigenvalue weighted by atomic mass is 10.1. The molecule has 0 N–H and O–H groups in total. The van der Waals surface area contributed by atoms with Crippen LogP contribution in [0.1, 0.15) is 11.1 Å². The van der Waals surface area contributed by atoms with Crippen molar-refractivity contribution in [1.82, 2.24) is 4.90 Å². The molecule has 0 radical (unpaired) electrons. The highest BCUT2D eigenvalue weighted by atomic mass is 35.7. The number of benzene rings is 1. The van der Waals surface area contributed by atoms with Crippen molar-refractivity contribution in [2.45, 2.75) is 18.4 Å². The molecule has 0 aliphatic heterocycles. The third kappa shape index (κ3) is 3.48. The van der Waals surface area contributed by atoms with Crippen LogP contribution in [-0.4, -0.2) is 27.4 Å². The van der Waals surface area contributed by atoms with Crippen LogP contribution in [0.25, 0.3) is 0 Å². The summed E-state index contributed by atoms with van der Waals surface area (Å²) in [6, 6.07) is 5.30. The maximum atomic E-state index is 11.2. The molecule has 84 valence electrons. The molecule has 0 aliphatic rings. The second-order valence-electron chi connectivity index (χ2n) is 3.78. The van der Waals surface area contributed by atoms with Crippen LogP contribution < -0.4 is 0 Å². The van der Waals surface area contributed by atoms with Gasteiger partial charge in [-0.2, -0.15) is 0 Å². The van der Waals surface area contributed by atoms with Gasteiger partial charge in [-0.1, -0.05) is 12.1 Å². The summed E-state index contributed by atoms with van der Waals surface area (Å²) in [5, 5.41) is 0. The largest absolute Gasteiger partial charge is 0.305 e. The van der Waals surface area contributed by atoms with E-state index in [9.17, 15) is 8.42 Å². The second kappa shape index (κ2) is 4.51. The topological polar surface area (TPSA) is 37.4 Å². The zero-order valence-corrected chi connectivity index (χ0v) is 10.6. The van der Waals surface area contributed by atoms with Gasteiger partial charge in [0.2, 0.25) is 0 Å². The second-order valence-corrected chi connectivity index (χ2v) is 6.31. The molecule has 0 fully saturated rings. The Labute approximate surface area is 95.1 Å². The molecule has 1 aromatic rings. The lowest BCUT2D eigenvalue weighted by molar-refractivity contribution is 0.402. The van der Waals surface area contributed by atoms with Crippen LogP contribution in [0.5, 0.6) is 0 Å². The van der Waals surface area contributed by atoms with E-state index in [0.717, 1.165) is 5.56 Å². The number of nitrogens with zero attached hydrogens (tertiary/aromatic N) is 1. The third-order valence-corrected chi connectivity index (χ3v) is 3.48. The Bertz CT molecular complexity index is 454. The molecule has 0 spiro atoms. The Morgan fingerprint density at radius 1 is 1.33 bits per heavy atom. The zero-order chi connectivity index (χ0) is 11.6. The number of halogens is 1. The van der Waals surface area contributed by atoms with Crippen LogP contribution in [0.15, 0.2) is 23.1 Å². The molecule has 1 rings (SSSR count). The van der Waals surface area contributed by atoms with Crippen LogP contribution in [0.4, 0.5) is 0 Å².